The molecule has 0 bridgehead atoms. The van der Waals surface area contributed by atoms with Crippen LogP contribution in [0.3, 0.4) is 0 Å². The molecule has 0 radical (unpaired) electrons. The minimum absolute atomic E-state index is 0.0786. The van der Waals surface area contributed by atoms with Crippen LogP contribution in [0.25, 0.3) is 0 Å². The smallest absolute Gasteiger partial charge is 0.195 e. The van der Waals surface area contributed by atoms with E-state index < -0.39 is 0 Å². The molecule has 0 amide bonds. The summed E-state index contributed by atoms with van der Waals surface area (Å²) in [6, 6.07) is 25.8. The van der Waals surface area contributed by atoms with Crippen molar-refractivity contribution in [1.82, 2.24) is 0 Å². The molecule has 4 aromatic rings. The van der Waals surface area contributed by atoms with Crippen molar-refractivity contribution < 1.29 is 9.59 Å². The van der Waals surface area contributed by atoms with Gasteiger partial charge < -0.3 is 0 Å². The van der Waals surface area contributed by atoms with Gasteiger partial charge in [-0.15, -0.1) is 0 Å². The number of rotatable bonds is 4. The van der Waals surface area contributed by atoms with Gasteiger partial charge in [0.2, 0.25) is 0 Å². The van der Waals surface area contributed by atoms with E-state index in [1.807, 2.05) is 81.4 Å². The van der Waals surface area contributed by atoms with Crippen molar-refractivity contribution in [3.8, 4) is 0 Å². The summed E-state index contributed by atoms with van der Waals surface area (Å²) in [5.74, 6) is -0.161. The first kappa shape index (κ1) is 21.7. The summed E-state index contributed by atoms with van der Waals surface area (Å²) in [6.45, 7) is 6.07. The molecular formula is C29H22O2S2. The Morgan fingerprint density at radius 2 is 1.06 bits per heavy atom. The molecule has 162 valence electrons. The fraction of sp³-hybridized carbons (Fsp3) is 0.103. The van der Waals surface area contributed by atoms with Crippen molar-refractivity contribution in [2.24, 2.45) is 0 Å². The lowest BCUT2D eigenvalue weighted by atomic mass is 9.83. The van der Waals surface area contributed by atoms with Gasteiger partial charge in [-0.1, -0.05) is 71.0 Å². The highest BCUT2D eigenvalue weighted by molar-refractivity contribution is 7.99. The first-order valence-corrected chi connectivity index (χ1v) is 12.4. The molecule has 0 aromatic heterocycles. The third-order valence-corrected chi connectivity index (χ3v) is 7.73. The Hall–Kier alpha value is -3.08. The van der Waals surface area contributed by atoms with Crippen LogP contribution in [0.1, 0.15) is 48.5 Å². The zero-order valence-corrected chi connectivity index (χ0v) is 20.3. The largest absolute Gasteiger partial charge is 0.289 e. The molecule has 0 N–H and O–H groups in total. The lowest BCUT2D eigenvalue weighted by Gasteiger charge is -2.23. The second-order valence-electron chi connectivity index (χ2n) is 8.36. The number of carbonyl (C=O) groups excluding carboxylic acids is 2. The SMILES string of the molecule is Cc1cccc(Sc2cccc3c2C(=O)c2cc(C)cc(Sc4cccc(C)c4)c2C3=O)c1. The monoisotopic (exact) mass is 466 g/mol. The van der Waals surface area contributed by atoms with Gasteiger partial charge in [0.05, 0.1) is 0 Å². The maximum atomic E-state index is 13.8. The molecule has 0 saturated heterocycles. The fourth-order valence-corrected chi connectivity index (χ4v) is 6.46. The van der Waals surface area contributed by atoms with Crippen LogP contribution < -0.4 is 0 Å². The summed E-state index contributed by atoms with van der Waals surface area (Å²) in [5.41, 5.74) is 5.30. The Kier molecular flexibility index (Phi) is 5.73. The molecule has 1 aliphatic carbocycles. The van der Waals surface area contributed by atoms with E-state index in [1.54, 1.807) is 17.8 Å². The van der Waals surface area contributed by atoms with E-state index in [2.05, 4.69) is 12.1 Å². The van der Waals surface area contributed by atoms with Gasteiger partial charge in [0.15, 0.2) is 11.6 Å². The first-order valence-electron chi connectivity index (χ1n) is 10.8. The van der Waals surface area contributed by atoms with E-state index in [0.717, 1.165) is 36.3 Å². The molecule has 0 aliphatic heterocycles. The Morgan fingerprint density at radius 1 is 0.515 bits per heavy atom. The number of carbonyl (C=O) groups is 2. The van der Waals surface area contributed by atoms with Crippen LogP contribution in [0, 0.1) is 20.8 Å². The van der Waals surface area contributed by atoms with Crippen molar-refractivity contribution in [3.05, 3.63) is 118 Å². The summed E-state index contributed by atoms with van der Waals surface area (Å²) in [4.78, 5) is 31.2. The Balaban J connectivity index is 1.61. The van der Waals surface area contributed by atoms with Crippen molar-refractivity contribution in [3.63, 3.8) is 0 Å². The summed E-state index contributed by atoms with van der Waals surface area (Å²) in [5, 5.41) is 0. The first-order chi connectivity index (χ1) is 15.9. The molecule has 2 nitrogen and oxygen atoms in total. The maximum absolute atomic E-state index is 13.8. The third-order valence-electron chi connectivity index (χ3n) is 5.65. The van der Waals surface area contributed by atoms with Gasteiger partial charge in [0, 0.05) is 41.8 Å². The predicted octanol–water partition coefficient (Wildman–Crippen LogP) is 7.69. The quantitative estimate of drug-likeness (QED) is 0.272. The maximum Gasteiger partial charge on any atom is 0.195 e. The number of aryl methyl sites for hydroxylation is 3. The lowest BCUT2D eigenvalue weighted by Crippen LogP contribution is -2.22. The minimum atomic E-state index is -0.0820. The van der Waals surface area contributed by atoms with E-state index in [-0.39, 0.29) is 11.6 Å². The second-order valence-corrected chi connectivity index (χ2v) is 10.6. The zero-order valence-electron chi connectivity index (χ0n) is 18.6. The third kappa shape index (κ3) is 4.17. The van der Waals surface area contributed by atoms with E-state index in [0.29, 0.717) is 22.3 Å². The molecule has 0 spiro atoms. The van der Waals surface area contributed by atoms with Crippen molar-refractivity contribution >= 4 is 35.1 Å². The molecule has 0 saturated carbocycles. The summed E-state index contributed by atoms with van der Waals surface area (Å²) >= 11 is 3.07. The van der Waals surface area contributed by atoms with E-state index >= 15 is 0 Å². The van der Waals surface area contributed by atoms with Crippen LogP contribution in [0.5, 0.6) is 0 Å². The van der Waals surface area contributed by atoms with E-state index in [1.165, 1.54) is 11.8 Å². The Bertz CT molecular complexity index is 1440. The fourth-order valence-electron chi connectivity index (χ4n) is 4.17. The number of fused-ring (bicyclic) bond motifs is 2. The predicted molar refractivity (Wildman–Crippen MR) is 135 cm³/mol. The Labute approximate surface area is 202 Å². The van der Waals surface area contributed by atoms with Gasteiger partial charge in [0.1, 0.15) is 0 Å². The van der Waals surface area contributed by atoms with Crippen LogP contribution in [0.2, 0.25) is 0 Å². The molecule has 0 atom stereocenters. The van der Waals surface area contributed by atoms with Gasteiger partial charge in [-0.2, -0.15) is 0 Å². The molecule has 0 fully saturated rings. The normalized spacial score (nSPS) is 12.5. The number of ketones is 2. The summed E-state index contributed by atoms with van der Waals surface area (Å²) in [6.07, 6.45) is 0. The van der Waals surface area contributed by atoms with Crippen LogP contribution in [-0.4, -0.2) is 11.6 Å². The summed E-state index contributed by atoms with van der Waals surface area (Å²) in [7, 11) is 0. The molecule has 4 aromatic carbocycles. The molecule has 33 heavy (non-hydrogen) atoms. The average Bonchev–Trinajstić information content (AvgIpc) is 2.77. The molecule has 0 heterocycles. The molecule has 5 rings (SSSR count). The van der Waals surface area contributed by atoms with Crippen molar-refractivity contribution in [2.75, 3.05) is 0 Å². The standard InChI is InChI=1S/C29H22O2S2/c1-17-7-4-9-20(13-17)32-24-12-6-11-22-26(24)29(31)23-15-19(3)16-25(27(23)28(22)30)33-21-10-5-8-18(2)14-21/h4-16H,1-3H3. The van der Waals surface area contributed by atoms with Crippen molar-refractivity contribution in [2.45, 2.75) is 40.4 Å². The molecule has 4 heteroatoms. The number of benzene rings is 4. The van der Waals surface area contributed by atoms with Crippen LogP contribution in [-0.2, 0) is 0 Å². The van der Waals surface area contributed by atoms with Crippen molar-refractivity contribution in [1.29, 1.82) is 0 Å². The highest BCUT2D eigenvalue weighted by Gasteiger charge is 2.34. The van der Waals surface area contributed by atoms with E-state index in [9.17, 15) is 9.59 Å². The van der Waals surface area contributed by atoms with Gasteiger partial charge in [-0.3, -0.25) is 9.59 Å². The van der Waals surface area contributed by atoms with Gasteiger partial charge in [0.25, 0.3) is 0 Å². The average molecular weight is 467 g/mol. The van der Waals surface area contributed by atoms with Gasteiger partial charge >= 0.3 is 0 Å². The van der Waals surface area contributed by atoms with Crippen LogP contribution >= 0.6 is 23.5 Å². The second kappa shape index (κ2) is 8.69. The molecule has 0 unspecified atom stereocenters. The summed E-state index contributed by atoms with van der Waals surface area (Å²) < 4.78 is 0. The van der Waals surface area contributed by atoms with Crippen LogP contribution in [0.4, 0.5) is 0 Å². The molecular weight excluding hydrogens is 444 g/mol. The number of hydrogen-bond acceptors (Lipinski definition) is 4. The topological polar surface area (TPSA) is 34.1 Å². The van der Waals surface area contributed by atoms with Gasteiger partial charge in [-0.05, 0) is 68.8 Å². The van der Waals surface area contributed by atoms with Gasteiger partial charge in [-0.25, -0.2) is 0 Å². The minimum Gasteiger partial charge on any atom is -0.289 e. The van der Waals surface area contributed by atoms with E-state index in [4.69, 9.17) is 0 Å². The highest BCUT2D eigenvalue weighted by atomic mass is 32.2. The lowest BCUT2D eigenvalue weighted by molar-refractivity contribution is 0.0974. The Morgan fingerprint density at radius 3 is 1.70 bits per heavy atom. The molecule has 1 aliphatic rings. The van der Waals surface area contributed by atoms with Crippen LogP contribution in [0.15, 0.2) is 98.4 Å². The highest BCUT2D eigenvalue weighted by Crippen LogP contribution is 2.41. The zero-order chi connectivity index (χ0) is 23.1. The number of hydrogen-bond donors (Lipinski definition) is 0.